The largest absolute Gasteiger partial charge is 0.497 e. The number of likely N-dealkylation sites (tertiary alicyclic amines) is 1. The molecule has 0 saturated carbocycles. The third kappa shape index (κ3) is 6.95. The molecule has 1 aliphatic rings. The van der Waals surface area contributed by atoms with Gasteiger partial charge in [-0.2, -0.15) is 13.2 Å². The quantitative estimate of drug-likeness (QED) is 0.311. The van der Waals surface area contributed by atoms with E-state index < -0.39 is 11.7 Å². The van der Waals surface area contributed by atoms with E-state index in [1.54, 1.807) is 13.2 Å². The van der Waals surface area contributed by atoms with Crippen molar-refractivity contribution in [2.75, 3.05) is 33.3 Å². The Kier molecular flexibility index (Phi) is 8.77. The summed E-state index contributed by atoms with van der Waals surface area (Å²) >= 11 is 0. The summed E-state index contributed by atoms with van der Waals surface area (Å²) in [5.74, 6) is 1.27. The molecule has 1 heterocycles. The Morgan fingerprint density at radius 1 is 1.00 bits per heavy atom. The standard InChI is InChI=1S/C31H35F3N2O2/c1-22(2)17-36(30(37)24-10-5-4-6-11-24)20-26-19-35(18-23-9-7-13-27(15-23)31(32,33)34)21-29(26)25-12-8-14-28(16-25)38-3/h4-16,22,26,29H,17-21H2,1-3H3. The maximum Gasteiger partial charge on any atom is 0.416 e. The average molecular weight is 525 g/mol. The predicted octanol–water partition coefficient (Wildman–Crippen LogP) is 6.73. The zero-order valence-corrected chi connectivity index (χ0v) is 22.1. The summed E-state index contributed by atoms with van der Waals surface area (Å²) < 4.78 is 45.4. The van der Waals surface area contributed by atoms with Gasteiger partial charge >= 0.3 is 6.18 Å². The van der Waals surface area contributed by atoms with Crippen LogP contribution in [0.25, 0.3) is 0 Å². The molecule has 1 amide bonds. The first kappa shape index (κ1) is 27.7. The third-order valence-electron chi connectivity index (χ3n) is 7.05. The van der Waals surface area contributed by atoms with Crippen LogP contribution in [-0.4, -0.2) is 49.0 Å². The molecule has 0 aromatic heterocycles. The molecule has 1 fully saturated rings. The maximum atomic E-state index is 13.5. The fourth-order valence-corrected chi connectivity index (χ4v) is 5.36. The van der Waals surface area contributed by atoms with Gasteiger partial charge in [0.2, 0.25) is 0 Å². The SMILES string of the molecule is COc1cccc(C2CN(Cc3cccc(C(F)(F)F)c3)CC2CN(CC(C)C)C(=O)c2ccccc2)c1. The van der Waals surface area contributed by atoms with E-state index in [1.807, 2.05) is 53.4 Å². The lowest BCUT2D eigenvalue weighted by atomic mass is 9.88. The molecule has 4 rings (SSSR count). The molecule has 4 nitrogen and oxygen atoms in total. The van der Waals surface area contributed by atoms with Crippen molar-refractivity contribution < 1.29 is 22.7 Å². The van der Waals surface area contributed by atoms with E-state index in [4.69, 9.17) is 4.74 Å². The molecule has 3 aromatic rings. The summed E-state index contributed by atoms with van der Waals surface area (Å²) in [4.78, 5) is 17.6. The fourth-order valence-electron chi connectivity index (χ4n) is 5.36. The van der Waals surface area contributed by atoms with E-state index in [0.717, 1.165) is 17.4 Å². The first-order chi connectivity index (χ1) is 18.1. The van der Waals surface area contributed by atoms with Gasteiger partial charge in [-0.1, -0.05) is 62.4 Å². The minimum Gasteiger partial charge on any atom is -0.497 e. The summed E-state index contributed by atoms with van der Waals surface area (Å²) in [5, 5.41) is 0. The Labute approximate surface area is 223 Å². The fraction of sp³-hybridized carbons (Fsp3) is 0.387. The number of ether oxygens (including phenoxy) is 1. The number of nitrogens with zero attached hydrogens (tertiary/aromatic N) is 2. The highest BCUT2D eigenvalue weighted by Gasteiger charge is 2.37. The van der Waals surface area contributed by atoms with Gasteiger partial charge in [0.1, 0.15) is 5.75 Å². The predicted molar refractivity (Wildman–Crippen MR) is 143 cm³/mol. The molecule has 0 bridgehead atoms. The van der Waals surface area contributed by atoms with Crippen LogP contribution in [0.15, 0.2) is 78.9 Å². The van der Waals surface area contributed by atoms with Crippen LogP contribution in [0.2, 0.25) is 0 Å². The number of benzene rings is 3. The van der Waals surface area contributed by atoms with Gasteiger partial charge in [0.05, 0.1) is 12.7 Å². The lowest BCUT2D eigenvalue weighted by Gasteiger charge is -2.30. The number of carbonyl (C=O) groups is 1. The Bertz CT molecular complexity index is 1210. The van der Waals surface area contributed by atoms with Crippen LogP contribution in [0.4, 0.5) is 13.2 Å². The van der Waals surface area contributed by atoms with Gasteiger partial charge in [-0.15, -0.1) is 0 Å². The highest BCUT2D eigenvalue weighted by molar-refractivity contribution is 5.94. The maximum absolute atomic E-state index is 13.5. The average Bonchev–Trinajstić information content (AvgIpc) is 3.29. The van der Waals surface area contributed by atoms with Crippen LogP contribution < -0.4 is 4.74 Å². The summed E-state index contributed by atoms with van der Waals surface area (Å²) in [7, 11) is 1.63. The molecular weight excluding hydrogens is 489 g/mol. The molecule has 2 atom stereocenters. The summed E-state index contributed by atoms with van der Waals surface area (Å²) in [6.07, 6.45) is -4.37. The number of alkyl halides is 3. The number of methoxy groups -OCH3 is 1. The van der Waals surface area contributed by atoms with Crippen molar-refractivity contribution in [1.29, 1.82) is 0 Å². The molecule has 38 heavy (non-hydrogen) atoms. The second-order valence-electron chi connectivity index (χ2n) is 10.5. The number of halogens is 3. The van der Waals surface area contributed by atoms with Gasteiger partial charge in [-0.3, -0.25) is 9.69 Å². The van der Waals surface area contributed by atoms with Crippen molar-refractivity contribution in [3.63, 3.8) is 0 Å². The molecular formula is C31H35F3N2O2. The van der Waals surface area contributed by atoms with E-state index in [-0.39, 0.29) is 17.7 Å². The van der Waals surface area contributed by atoms with Crippen LogP contribution in [0, 0.1) is 11.8 Å². The second kappa shape index (κ2) is 12.0. The third-order valence-corrected chi connectivity index (χ3v) is 7.05. The van der Waals surface area contributed by atoms with Gasteiger partial charge in [0, 0.05) is 44.2 Å². The van der Waals surface area contributed by atoms with Gasteiger partial charge in [-0.05, 0) is 53.3 Å². The highest BCUT2D eigenvalue weighted by Crippen LogP contribution is 2.36. The Morgan fingerprint density at radius 2 is 1.74 bits per heavy atom. The van der Waals surface area contributed by atoms with Crippen molar-refractivity contribution in [2.45, 2.75) is 32.5 Å². The number of carbonyl (C=O) groups excluding carboxylic acids is 1. The van der Waals surface area contributed by atoms with Crippen molar-refractivity contribution >= 4 is 5.91 Å². The smallest absolute Gasteiger partial charge is 0.416 e. The van der Waals surface area contributed by atoms with Gasteiger partial charge in [-0.25, -0.2) is 0 Å². The first-order valence-corrected chi connectivity index (χ1v) is 13.0. The monoisotopic (exact) mass is 524 g/mol. The van der Waals surface area contributed by atoms with E-state index in [2.05, 4.69) is 24.8 Å². The number of amides is 1. The Balaban J connectivity index is 1.60. The zero-order valence-electron chi connectivity index (χ0n) is 22.1. The van der Waals surface area contributed by atoms with Crippen molar-refractivity contribution in [3.8, 4) is 5.75 Å². The molecule has 0 aliphatic carbocycles. The molecule has 7 heteroatoms. The molecule has 1 saturated heterocycles. The van der Waals surface area contributed by atoms with Gasteiger partial charge in [0.15, 0.2) is 0 Å². The second-order valence-corrected chi connectivity index (χ2v) is 10.5. The van der Waals surface area contributed by atoms with Crippen molar-refractivity contribution in [1.82, 2.24) is 9.80 Å². The molecule has 3 aromatic carbocycles. The minimum absolute atomic E-state index is 0.0000191. The molecule has 202 valence electrons. The normalized spacial score (nSPS) is 18.1. The molecule has 0 radical (unpaired) electrons. The number of hydrogen-bond donors (Lipinski definition) is 0. The molecule has 1 aliphatic heterocycles. The van der Waals surface area contributed by atoms with Gasteiger partial charge < -0.3 is 9.64 Å². The summed E-state index contributed by atoms with van der Waals surface area (Å²) in [6.45, 7) is 7.16. The van der Waals surface area contributed by atoms with Crippen LogP contribution >= 0.6 is 0 Å². The minimum atomic E-state index is -4.37. The van der Waals surface area contributed by atoms with E-state index in [1.165, 1.54) is 12.1 Å². The number of hydrogen-bond acceptors (Lipinski definition) is 3. The lowest BCUT2D eigenvalue weighted by Crippen LogP contribution is -2.39. The van der Waals surface area contributed by atoms with Crippen molar-refractivity contribution in [3.05, 3.63) is 101 Å². The van der Waals surface area contributed by atoms with Crippen LogP contribution in [0.5, 0.6) is 5.75 Å². The molecule has 2 unspecified atom stereocenters. The van der Waals surface area contributed by atoms with Crippen LogP contribution in [0.1, 0.15) is 46.8 Å². The Hall–Kier alpha value is -3.32. The highest BCUT2D eigenvalue weighted by atomic mass is 19.4. The van der Waals surface area contributed by atoms with Crippen LogP contribution in [-0.2, 0) is 12.7 Å². The summed E-state index contributed by atoms with van der Waals surface area (Å²) in [5.41, 5.74) is 1.76. The molecule has 0 spiro atoms. The van der Waals surface area contributed by atoms with Gasteiger partial charge in [0.25, 0.3) is 5.91 Å². The first-order valence-electron chi connectivity index (χ1n) is 13.0. The van der Waals surface area contributed by atoms with Crippen molar-refractivity contribution in [2.24, 2.45) is 11.8 Å². The lowest BCUT2D eigenvalue weighted by molar-refractivity contribution is -0.137. The van der Waals surface area contributed by atoms with Crippen LogP contribution in [0.3, 0.4) is 0 Å². The summed E-state index contributed by atoms with van der Waals surface area (Å²) in [6, 6.07) is 22.8. The van der Waals surface area contributed by atoms with E-state index >= 15 is 0 Å². The Morgan fingerprint density at radius 3 is 2.42 bits per heavy atom. The molecule has 0 N–H and O–H groups in total. The van der Waals surface area contributed by atoms with E-state index in [9.17, 15) is 18.0 Å². The zero-order chi connectivity index (χ0) is 27.3. The number of rotatable bonds is 9. The topological polar surface area (TPSA) is 32.8 Å². The van der Waals surface area contributed by atoms with E-state index in [0.29, 0.717) is 49.8 Å².